The Balaban J connectivity index is 0. The molecule has 0 aliphatic rings. The fourth-order valence-electron chi connectivity index (χ4n) is 2.90. The van der Waals surface area contributed by atoms with E-state index < -0.39 is 10.4 Å². The molecule has 0 radical (unpaired) electrons. The lowest BCUT2D eigenvalue weighted by Gasteiger charge is -2.03. The van der Waals surface area contributed by atoms with E-state index in [1.165, 1.54) is 103 Å². The van der Waals surface area contributed by atoms with Crippen LogP contribution in [0, 0.1) is 0 Å². The van der Waals surface area contributed by atoms with Gasteiger partial charge < -0.3 is 4.74 Å². The van der Waals surface area contributed by atoms with E-state index in [1.807, 2.05) is 0 Å². The summed E-state index contributed by atoms with van der Waals surface area (Å²) in [5, 5.41) is 0. The molecule has 0 aliphatic heterocycles. The van der Waals surface area contributed by atoms with E-state index in [1.54, 1.807) is 0 Å². The van der Waals surface area contributed by atoms with E-state index in [-0.39, 0.29) is 0 Å². The van der Waals surface area contributed by atoms with Gasteiger partial charge in [-0.25, -0.2) is 0 Å². The van der Waals surface area contributed by atoms with E-state index in [0.717, 1.165) is 13.2 Å². The third-order valence-electron chi connectivity index (χ3n) is 4.35. The SMILES string of the molecule is CCCCCCCCCCCCCCCCCCOCC.O=S(=O)(O)O. The van der Waals surface area contributed by atoms with Gasteiger partial charge in [0.1, 0.15) is 0 Å². The van der Waals surface area contributed by atoms with Crippen molar-refractivity contribution in [1.29, 1.82) is 0 Å². The maximum Gasteiger partial charge on any atom is 0.394 e. The average Bonchev–Trinajstić information content (AvgIpc) is 2.56. The van der Waals surface area contributed by atoms with Crippen molar-refractivity contribution in [3.63, 3.8) is 0 Å². The van der Waals surface area contributed by atoms with Crippen LogP contribution in [0.2, 0.25) is 0 Å². The Hall–Kier alpha value is -0.170. The Morgan fingerprint density at radius 3 is 1.12 bits per heavy atom. The Morgan fingerprint density at radius 1 is 0.577 bits per heavy atom. The minimum Gasteiger partial charge on any atom is -0.382 e. The molecule has 160 valence electrons. The number of rotatable bonds is 18. The Labute approximate surface area is 162 Å². The molecule has 0 unspecified atom stereocenters. The molecule has 5 nitrogen and oxygen atoms in total. The van der Waals surface area contributed by atoms with Crippen LogP contribution >= 0.6 is 0 Å². The molecule has 0 saturated heterocycles. The smallest absolute Gasteiger partial charge is 0.382 e. The van der Waals surface area contributed by atoms with Crippen LogP contribution in [0.3, 0.4) is 0 Å². The zero-order valence-corrected chi connectivity index (χ0v) is 18.1. The van der Waals surface area contributed by atoms with Crippen molar-refractivity contribution in [2.45, 2.75) is 117 Å². The van der Waals surface area contributed by atoms with Crippen molar-refractivity contribution in [3.8, 4) is 0 Å². The fraction of sp³-hybridized carbons (Fsp3) is 1.00. The molecule has 0 rings (SSSR count). The van der Waals surface area contributed by atoms with Gasteiger partial charge in [-0.15, -0.1) is 0 Å². The van der Waals surface area contributed by atoms with E-state index in [9.17, 15) is 0 Å². The molecule has 0 heterocycles. The van der Waals surface area contributed by atoms with E-state index in [0.29, 0.717) is 0 Å². The van der Waals surface area contributed by atoms with Crippen LogP contribution in [0.15, 0.2) is 0 Å². The molecule has 0 aromatic rings. The summed E-state index contributed by atoms with van der Waals surface area (Å²) in [5.41, 5.74) is 0. The minimum absolute atomic E-state index is 0.874. The summed E-state index contributed by atoms with van der Waals surface area (Å²) in [7, 11) is -4.67. The second-order valence-electron chi connectivity index (χ2n) is 6.95. The van der Waals surface area contributed by atoms with Gasteiger partial charge in [0.2, 0.25) is 0 Å². The number of hydrogen-bond donors (Lipinski definition) is 2. The van der Waals surface area contributed by atoms with Gasteiger partial charge >= 0.3 is 10.4 Å². The molecule has 6 heteroatoms. The zero-order valence-electron chi connectivity index (χ0n) is 17.3. The van der Waals surface area contributed by atoms with Gasteiger partial charge in [0.15, 0.2) is 0 Å². The molecule has 0 bridgehead atoms. The number of ether oxygens (including phenoxy) is 1. The van der Waals surface area contributed by atoms with Crippen LogP contribution in [0.5, 0.6) is 0 Å². The van der Waals surface area contributed by atoms with Crippen LogP contribution in [-0.4, -0.2) is 30.7 Å². The van der Waals surface area contributed by atoms with Crippen molar-refractivity contribution in [2.24, 2.45) is 0 Å². The lowest BCUT2D eigenvalue weighted by Crippen LogP contribution is -1.92. The molecule has 0 saturated carbocycles. The highest BCUT2D eigenvalue weighted by atomic mass is 32.3. The standard InChI is InChI=1S/C20H42O.H2O4S/c1-3-5-6-7-8-9-10-11-12-13-14-15-16-17-18-19-20-21-4-2;1-5(2,3)4/h3-20H2,1-2H3;(H2,1,2,3,4). The maximum atomic E-state index is 8.74. The summed E-state index contributed by atoms with van der Waals surface area (Å²) in [6, 6.07) is 0. The normalized spacial score (nSPS) is 11.2. The van der Waals surface area contributed by atoms with Gasteiger partial charge in [-0.05, 0) is 13.3 Å². The monoisotopic (exact) mass is 396 g/mol. The van der Waals surface area contributed by atoms with Crippen LogP contribution in [0.25, 0.3) is 0 Å². The Bertz CT molecular complexity index is 318. The van der Waals surface area contributed by atoms with Crippen molar-refractivity contribution < 1.29 is 22.3 Å². The molecule has 0 amide bonds. The second-order valence-corrected chi connectivity index (χ2v) is 7.84. The van der Waals surface area contributed by atoms with E-state index in [2.05, 4.69) is 13.8 Å². The van der Waals surface area contributed by atoms with Gasteiger partial charge in [-0.2, -0.15) is 8.42 Å². The summed E-state index contributed by atoms with van der Waals surface area (Å²) < 4.78 is 36.9. The van der Waals surface area contributed by atoms with Crippen LogP contribution in [0.1, 0.15) is 117 Å². The first-order chi connectivity index (χ1) is 12.4. The molecule has 0 fully saturated rings. The first-order valence-corrected chi connectivity index (χ1v) is 12.1. The van der Waals surface area contributed by atoms with Gasteiger partial charge in [0, 0.05) is 13.2 Å². The van der Waals surface area contributed by atoms with E-state index in [4.69, 9.17) is 22.3 Å². The van der Waals surface area contributed by atoms with Gasteiger partial charge in [0.25, 0.3) is 0 Å². The Kier molecular flexibility index (Phi) is 24.7. The Morgan fingerprint density at radius 2 is 0.846 bits per heavy atom. The predicted octanol–water partition coefficient (Wildman–Crippen LogP) is 6.63. The number of unbranched alkanes of at least 4 members (excludes halogenated alkanes) is 15. The second kappa shape index (κ2) is 22.9. The summed E-state index contributed by atoms with van der Waals surface area (Å²) in [5.74, 6) is 0. The molecule has 0 atom stereocenters. The highest BCUT2D eigenvalue weighted by Gasteiger charge is 1.94. The van der Waals surface area contributed by atoms with Crippen molar-refractivity contribution in [3.05, 3.63) is 0 Å². The molecule has 0 aromatic carbocycles. The summed E-state index contributed by atoms with van der Waals surface area (Å²) >= 11 is 0. The molecule has 0 aromatic heterocycles. The maximum absolute atomic E-state index is 8.74. The topological polar surface area (TPSA) is 83.8 Å². The first kappa shape index (κ1) is 28.0. The van der Waals surface area contributed by atoms with Crippen molar-refractivity contribution in [2.75, 3.05) is 13.2 Å². The lowest BCUT2D eigenvalue weighted by atomic mass is 10.0. The molecule has 0 spiro atoms. The highest BCUT2D eigenvalue weighted by molar-refractivity contribution is 7.79. The first-order valence-electron chi connectivity index (χ1n) is 10.7. The van der Waals surface area contributed by atoms with E-state index >= 15 is 0 Å². The molecular weight excluding hydrogens is 352 g/mol. The quantitative estimate of drug-likeness (QED) is 0.200. The largest absolute Gasteiger partial charge is 0.394 e. The predicted molar refractivity (Wildman–Crippen MR) is 110 cm³/mol. The van der Waals surface area contributed by atoms with Crippen LogP contribution < -0.4 is 0 Å². The molecule has 26 heavy (non-hydrogen) atoms. The van der Waals surface area contributed by atoms with Crippen LogP contribution in [-0.2, 0) is 15.1 Å². The minimum atomic E-state index is -4.67. The van der Waals surface area contributed by atoms with Gasteiger partial charge in [-0.1, -0.05) is 103 Å². The molecule has 2 N–H and O–H groups in total. The summed E-state index contributed by atoms with van der Waals surface area (Å²) in [4.78, 5) is 0. The lowest BCUT2D eigenvalue weighted by molar-refractivity contribution is 0.143. The summed E-state index contributed by atoms with van der Waals surface area (Å²) in [6.07, 6.45) is 22.9. The zero-order chi connectivity index (χ0) is 19.9. The van der Waals surface area contributed by atoms with Gasteiger partial charge in [0.05, 0.1) is 0 Å². The summed E-state index contributed by atoms with van der Waals surface area (Å²) in [6.45, 7) is 6.21. The van der Waals surface area contributed by atoms with Crippen molar-refractivity contribution >= 4 is 10.4 Å². The third kappa shape index (κ3) is 39.1. The van der Waals surface area contributed by atoms with Crippen molar-refractivity contribution in [1.82, 2.24) is 0 Å². The average molecular weight is 397 g/mol. The molecule has 0 aliphatic carbocycles. The van der Waals surface area contributed by atoms with Crippen LogP contribution in [0.4, 0.5) is 0 Å². The molecular formula is C20H44O5S. The fourth-order valence-corrected chi connectivity index (χ4v) is 2.90. The highest BCUT2D eigenvalue weighted by Crippen LogP contribution is 2.13. The third-order valence-corrected chi connectivity index (χ3v) is 4.35. The number of hydrogen-bond acceptors (Lipinski definition) is 3. The van der Waals surface area contributed by atoms with Gasteiger partial charge in [-0.3, -0.25) is 9.11 Å².